The molecule has 132 valence electrons. The zero-order chi connectivity index (χ0) is 18.4. The summed E-state index contributed by atoms with van der Waals surface area (Å²) in [5.74, 6) is 0.357. The van der Waals surface area contributed by atoms with Gasteiger partial charge >= 0.3 is 0 Å². The lowest BCUT2D eigenvalue weighted by Crippen LogP contribution is -2.13. The van der Waals surface area contributed by atoms with E-state index < -0.39 is 10.0 Å². The molecule has 0 spiro atoms. The predicted molar refractivity (Wildman–Crippen MR) is 104 cm³/mol. The number of aromatic nitrogens is 2. The second-order valence-electron chi connectivity index (χ2n) is 6.14. The van der Waals surface area contributed by atoms with Gasteiger partial charge in [0.1, 0.15) is 11.2 Å². The van der Waals surface area contributed by atoms with Crippen molar-refractivity contribution < 1.29 is 12.8 Å². The van der Waals surface area contributed by atoms with Crippen LogP contribution in [0.2, 0.25) is 0 Å². The maximum Gasteiger partial charge on any atom is 0.269 e. The van der Waals surface area contributed by atoms with Crippen LogP contribution in [0.3, 0.4) is 0 Å². The molecule has 2 heterocycles. The molecule has 6 heteroatoms. The molecule has 3 aromatic carbocycles. The minimum absolute atomic E-state index is 0.216. The summed E-state index contributed by atoms with van der Waals surface area (Å²) >= 11 is 0. The van der Waals surface area contributed by atoms with Gasteiger partial charge in [0, 0.05) is 28.7 Å². The molecule has 0 aliphatic heterocycles. The first-order chi connectivity index (χ1) is 13.2. The molecular weight excluding hydrogens is 360 g/mol. The first-order valence-electron chi connectivity index (χ1n) is 8.41. The Kier molecular flexibility index (Phi) is 3.42. The average Bonchev–Trinajstić information content (AvgIpc) is 3.33. The van der Waals surface area contributed by atoms with Gasteiger partial charge in [0.15, 0.2) is 5.82 Å². The predicted octanol–water partition coefficient (Wildman–Crippen LogP) is 4.69. The molecule has 2 aromatic heterocycles. The van der Waals surface area contributed by atoms with Crippen LogP contribution < -0.4 is 0 Å². The van der Waals surface area contributed by atoms with Crippen molar-refractivity contribution >= 4 is 32.0 Å². The molecule has 0 fully saturated rings. The van der Waals surface area contributed by atoms with Crippen LogP contribution in [0, 0.1) is 0 Å². The molecule has 0 N–H and O–H groups in total. The van der Waals surface area contributed by atoms with E-state index in [4.69, 9.17) is 4.42 Å². The molecule has 27 heavy (non-hydrogen) atoms. The summed E-state index contributed by atoms with van der Waals surface area (Å²) < 4.78 is 33.4. The van der Waals surface area contributed by atoms with Crippen molar-refractivity contribution in [1.29, 1.82) is 0 Å². The van der Waals surface area contributed by atoms with Gasteiger partial charge in [0.2, 0.25) is 0 Å². The zero-order valence-electron chi connectivity index (χ0n) is 14.1. The molecule has 5 aromatic rings. The molecule has 0 aliphatic carbocycles. The summed E-state index contributed by atoms with van der Waals surface area (Å²) in [6.07, 6.45) is 2.97. The van der Waals surface area contributed by atoms with E-state index in [9.17, 15) is 8.42 Å². The number of rotatable bonds is 3. The van der Waals surface area contributed by atoms with Crippen molar-refractivity contribution in [3.63, 3.8) is 0 Å². The third-order valence-corrected chi connectivity index (χ3v) is 6.23. The summed E-state index contributed by atoms with van der Waals surface area (Å²) in [7, 11) is -3.76. The van der Waals surface area contributed by atoms with Crippen LogP contribution in [0.4, 0.5) is 0 Å². The third kappa shape index (κ3) is 2.38. The Morgan fingerprint density at radius 3 is 2.41 bits per heavy atom. The molecule has 0 aliphatic rings. The van der Waals surface area contributed by atoms with Crippen molar-refractivity contribution in [2.45, 2.75) is 4.90 Å². The number of hydrogen-bond donors (Lipinski definition) is 0. The van der Waals surface area contributed by atoms with Crippen LogP contribution in [0.5, 0.6) is 0 Å². The van der Waals surface area contributed by atoms with Gasteiger partial charge in [-0.05, 0) is 24.3 Å². The molecule has 0 radical (unpaired) electrons. The highest BCUT2D eigenvalue weighted by atomic mass is 32.2. The smallest absolute Gasteiger partial charge is 0.269 e. The highest BCUT2D eigenvalue weighted by Crippen LogP contribution is 2.36. The third-order valence-electron chi connectivity index (χ3n) is 4.55. The summed E-state index contributed by atoms with van der Waals surface area (Å²) in [5, 5.41) is 1.78. The summed E-state index contributed by atoms with van der Waals surface area (Å²) in [4.78, 5) is 4.57. The molecule has 0 unspecified atom stereocenters. The fraction of sp³-hybridized carbons (Fsp3) is 0. The summed E-state index contributed by atoms with van der Waals surface area (Å²) in [6, 6.07) is 21.6. The Hall–Kier alpha value is -3.38. The Balaban J connectivity index is 1.81. The topological polar surface area (TPSA) is 65.1 Å². The van der Waals surface area contributed by atoms with E-state index in [1.807, 2.05) is 42.5 Å². The van der Waals surface area contributed by atoms with Gasteiger partial charge in [-0.15, -0.1) is 0 Å². The van der Waals surface area contributed by atoms with Gasteiger partial charge in [0.05, 0.1) is 4.90 Å². The second kappa shape index (κ2) is 5.82. The number of hydrogen-bond acceptors (Lipinski definition) is 4. The van der Waals surface area contributed by atoms with Crippen molar-refractivity contribution in [1.82, 2.24) is 8.96 Å². The summed E-state index contributed by atoms with van der Waals surface area (Å²) in [6.45, 7) is 0. The largest absolute Gasteiger partial charge is 0.456 e. The lowest BCUT2D eigenvalue weighted by molar-refractivity contribution is 0.588. The number of furan rings is 1. The van der Waals surface area contributed by atoms with Gasteiger partial charge in [-0.1, -0.05) is 48.5 Å². The van der Waals surface area contributed by atoms with E-state index in [0.717, 1.165) is 16.4 Å². The Bertz CT molecular complexity index is 1380. The SMILES string of the molecule is O=S(=O)(c1ccccc1)n1ccnc1-c1cccc2oc3ccccc3c12. The van der Waals surface area contributed by atoms with Gasteiger partial charge in [-0.2, -0.15) is 0 Å². The van der Waals surface area contributed by atoms with Crippen LogP contribution in [-0.2, 0) is 10.0 Å². The number of fused-ring (bicyclic) bond motifs is 3. The maximum absolute atomic E-state index is 13.1. The minimum atomic E-state index is -3.76. The normalized spacial score (nSPS) is 12.0. The Labute approximate surface area is 155 Å². The monoisotopic (exact) mass is 374 g/mol. The molecule has 0 saturated heterocycles. The fourth-order valence-corrected chi connectivity index (χ4v) is 4.66. The first kappa shape index (κ1) is 15.8. The van der Waals surface area contributed by atoms with Crippen LogP contribution in [0.25, 0.3) is 33.3 Å². The first-order valence-corrected chi connectivity index (χ1v) is 9.85. The molecule has 0 amide bonds. The van der Waals surface area contributed by atoms with Crippen molar-refractivity contribution in [3.8, 4) is 11.4 Å². The molecular formula is C21H14N2O3S. The van der Waals surface area contributed by atoms with Crippen LogP contribution in [-0.4, -0.2) is 17.4 Å². The second-order valence-corrected chi connectivity index (χ2v) is 7.96. The Morgan fingerprint density at radius 2 is 1.56 bits per heavy atom. The van der Waals surface area contributed by atoms with E-state index in [0.29, 0.717) is 17.0 Å². The average molecular weight is 374 g/mol. The molecule has 0 atom stereocenters. The van der Waals surface area contributed by atoms with E-state index in [-0.39, 0.29) is 4.90 Å². The molecule has 0 saturated carbocycles. The number of para-hydroxylation sites is 1. The van der Waals surface area contributed by atoms with E-state index in [2.05, 4.69) is 4.98 Å². The van der Waals surface area contributed by atoms with Crippen LogP contribution in [0.15, 0.2) is 94.5 Å². The van der Waals surface area contributed by atoms with Gasteiger partial charge in [0.25, 0.3) is 10.0 Å². The van der Waals surface area contributed by atoms with E-state index >= 15 is 0 Å². The molecule has 5 nitrogen and oxygen atoms in total. The number of imidazole rings is 1. The van der Waals surface area contributed by atoms with Crippen molar-refractivity contribution in [2.24, 2.45) is 0 Å². The van der Waals surface area contributed by atoms with E-state index in [1.165, 1.54) is 16.4 Å². The number of benzene rings is 3. The molecule has 0 bridgehead atoms. The maximum atomic E-state index is 13.1. The van der Waals surface area contributed by atoms with Crippen LogP contribution >= 0.6 is 0 Å². The number of nitrogens with zero attached hydrogens (tertiary/aromatic N) is 2. The van der Waals surface area contributed by atoms with Gasteiger partial charge in [-0.25, -0.2) is 17.4 Å². The zero-order valence-corrected chi connectivity index (χ0v) is 14.9. The standard InChI is InChI=1S/C21H14N2O3S/c24-27(25,15-7-2-1-3-8-15)23-14-13-22-21(23)17-10-6-12-19-20(17)16-9-4-5-11-18(16)26-19/h1-14H. The van der Waals surface area contributed by atoms with Gasteiger partial charge in [-0.3, -0.25) is 0 Å². The fourth-order valence-electron chi connectivity index (χ4n) is 3.34. The van der Waals surface area contributed by atoms with Crippen molar-refractivity contribution in [2.75, 3.05) is 0 Å². The Morgan fingerprint density at radius 1 is 0.815 bits per heavy atom. The minimum Gasteiger partial charge on any atom is -0.456 e. The highest BCUT2D eigenvalue weighted by Gasteiger charge is 2.23. The van der Waals surface area contributed by atoms with Crippen LogP contribution in [0.1, 0.15) is 0 Å². The summed E-state index contributed by atoms with van der Waals surface area (Å²) in [5.41, 5.74) is 2.16. The molecule has 5 rings (SSSR count). The van der Waals surface area contributed by atoms with E-state index in [1.54, 1.807) is 30.3 Å². The lowest BCUT2D eigenvalue weighted by atomic mass is 10.1. The highest BCUT2D eigenvalue weighted by molar-refractivity contribution is 7.90. The van der Waals surface area contributed by atoms with Crippen molar-refractivity contribution in [3.05, 3.63) is 85.2 Å². The van der Waals surface area contributed by atoms with Gasteiger partial charge < -0.3 is 4.42 Å². The lowest BCUT2D eigenvalue weighted by Gasteiger charge is -2.10. The quantitative estimate of drug-likeness (QED) is 0.460.